The Bertz CT molecular complexity index is 1740. The van der Waals surface area contributed by atoms with E-state index >= 15 is 0 Å². The van der Waals surface area contributed by atoms with Gasteiger partial charge in [-0.25, -0.2) is 4.79 Å². The van der Waals surface area contributed by atoms with Crippen LogP contribution in [0.3, 0.4) is 0 Å². The molecule has 0 spiro atoms. The summed E-state index contributed by atoms with van der Waals surface area (Å²) >= 11 is 0. The van der Waals surface area contributed by atoms with E-state index < -0.39 is 97.0 Å². The number of carbonyl (C=O) groups excluding carboxylic acids is 8. The highest BCUT2D eigenvalue weighted by atomic mass is 16.7. The van der Waals surface area contributed by atoms with E-state index in [0.717, 1.165) is 51.5 Å². The number of carbonyl (C=O) groups is 8. The van der Waals surface area contributed by atoms with E-state index in [4.69, 9.17) is 28.4 Å². The Labute approximate surface area is 303 Å². The molecule has 282 valence electrons. The van der Waals surface area contributed by atoms with E-state index in [-0.39, 0.29) is 5.90 Å². The Balaban J connectivity index is 1.82. The SMILES string of the molecule is CC(=O)OC[C@@H](OC(C)=O)[C@H](OC(C)=O)[C@H](OC(C)=O)[C@@H](OC(C)=O)C1OC(CN2C(=O)NC(=O)C2(c2ccccc2)c2ccccc2)=NN1C(C)=O. The quantitative estimate of drug-likeness (QED) is 0.164. The second-order valence-corrected chi connectivity index (χ2v) is 11.8. The van der Waals surface area contributed by atoms with Crippen molar-refractivity contribution in [3.8, 4) is 0 Å². The topological polar surface area (TPSA) is 223 Å². The molecule has 0 aromatic heterocycles. The summed E-state index contributed by atoms with van der Waals surface area (Å²) in [4.78, 5) is 103. The van der Waals surface area contributed by atoms with Gasteiger partial charge in [-0.3, -0.25) is 43.8 Å². The summed E-state index contributed by atoms with van der Waals surface area (Å²) in [5, 5.41) is 7.34. The Morgan fingerprint density at radius 2 is 1.25 bits per heavy atom. The van der Waals surface area contributed by atoms with Crippen LogP contribution in [0.25, 0.3) is 0 Å². The third kappa shape index (κ3) is 8.95. The number of hydrazone groups is 1. The second-order valence-electron chi connectivity index (χ2n) is 11.8. The van der Waals surface area contributed by atoms with Gasteiger partial charge in [0.25, 0.3) is 5.91 Å². The van der Waals surface area contributed by atoms with Gasteiger partial charge in [0.1, 0.15) is 13.2 Å². The molecule has 0 bridgehead atoms. The zero-order valence-electron chi connectivity index (χ0n) is 29.6. The molecular weight excluding hydrogens is 700 g/mol. The largest absolute Gasteiger partial charge is 0.462 e. The highest BCUT2D eigenvalue weighted by Crippen LogP contribution is 2.40. The number of rotatable bonds is 14. The fraction of sp³-hybridized carbons (Fsp3) is 0.400. The van der Waals surface area contributed by atoms with Gasteiger partial charge in [-0.05, 0) is 11.1 Å². The minimum Gasteiger partial charge on any atom is -0.462 e. The van der Waals surface area contributed by atoms with Gasteiger partial charge in [0.15, 0.2) is 30.0 Å². The molecule has 18 nitrogen and oxygen atoms in total. The van der Waals surface area contributed by atoms with Gasteiger partial charge in [-0.15, -0.1) is 5.10 Å². The first-order chi connectivity index (χ1) is 25.1. The first-order valence-electron chi connectivity index (χ1n) is 16.2. The van der Waals surface area contributed by atoms with Gasteiger partial charge < -0.3 is 28.4 Å². The second kappa shape index (κ2) is 16.8. The molecule has 2 aromatic rings. The molecule has 1 fully saturated rings. The van der Waals surface area contributed by atoms with Crippen LogP contribution in [0, 0.1) is 0 Å². The highest BCUT2D eigenvalue weighted by molar-refractivity contribution is 6.10. The molecule has 0 saturated carbocycles. The van der Waals surface area contributed by atoms with Crippen LogP contribution in [0.5, 0.6) is 0 Å². The summed E-state index contributed by atoms with van der Waals surface area (Å²) in [6.45, 7) is 4.87. The number of nitrogens with zero attached hydrogens (tertiary/aromatic N) is 3. The van der Waals surface area contributed by atoms with Gasteiger partial charge >= 0.3 is 35.9 Å². The molecule has 53 heavy (non-hydrogen) atoms. The van der Waals surface area contributed by atoms with E-state index in [9.17, 15) is 38.4 Å². The van der Waals surface area contributed by atoms with Gasteiger partial charge in [0, 0.05) is 41.5 Å². The summed E-state index contributed by atoms with van der Waals surface area (Å²) in [5.41, 5.74) is -0.919. The zero-order valence-corrected chi connectivity index (χ0v) is 29.6. The lowest BCUT2D eigenvalue weighted by Crippen LogP contribution is -2.59. The molecule has 4 rings (SSSR count). The molecule has 18 heteroatoms. The summed E-state index contributed by atoms with van der Waals surface area (Å²) < 4.78 is 33.0. The lowest BCUT2D eigenvalue weighted by atomic mass is 9.81. The highest BCUT2D eigenvalue weighted by Gasteiger charge is 2.57. The Hall–Kier alpha value is -6.33. The number of esters is 5. The number of amides is 4. The van der Waals surface area contributed by atoms with Crippen molar-refractivity contribution in [2.45, 2.75) is 77.7 Å². The van der Waals surface area contributed by atoms with Crippen LogP contribution in [-0.4, -0.2) is 107 Å². The molecule has 2 aliphatic heterocycles. The molecule has 1 saturated heterocycles. The first-order valence-corrected chi connectivity index (χ1v) is 16.2. The molecule has 2 aromatic carbocycles. The van der Waals surface area contributed by atoms with Gasteiger partial charge in [-0.2, -0.15) is 5.01 Å². The Kier molecular flexibility index (Phi) is 12.5. The average molecular weight is 739 g/mol. The number of ether oxygens (including phenoxy) is 6. The maximum Gasteiger partial charge on any atom is 0.326 e. The van der Waals surface area contributed by atoms with E-state index in [1.807, 2.05) is 0 Å². The summed E-state index contributed by atoms with van der Waals surface area (Å²) in [7, 11) is 0. The number of nitrogens with one attached hydrogen (secondary N) is 1. The van der Waals surface area contributed by atoms with Crippen molar-refractivity contribution >= 4 is 53.6 Å². The fourth-order valence-corrected chi connectivity index (χ4v) is 6.02. The number of benzene rings is 2. The summed E-state index contributed by atoms with van der Waals surface area (Å²) in [5.74, 6) is -6.50. The summed E-state index contributed by atoms with van der Waals surface area (Å²) in [6, 6.07) is 16.0. The standard InChI is InChI=1S/C35H38N4O14/c1-19(40)39-32(31(52-24(6)45)30(51-23(5)44)29(50-22(4)43)27(49-21(3)42)18-48-20(2)41)53-28(37-39)17-38-34(47)36-33(46)35(38,25-13-9-7-10-14-25)26-15-11-8-12-16-26/h7-16,27,29-32H,17-18H2,1-6H3,(H,36,46,47)/t27-,29+,30+,31-,32?/m1/s1. The third-order valence-corrected chi connectivity index (χ3v) is 7.88. The van der Waals surface area contributed by atoms with Gasteiger partial charge in [-0.1, -0.05) is 60.7 Å². The number of urea groups is 1. The minimum atomic E-state index is -1.91. The molecular formula is C35H38N4O14. The fourth-order valence-electron chi connectivity index (χ4n) is 6.02. The van der Waals surface area contributed by atoms with Crippen molar-refractivity contribution < 1.29 is 66.8 Å². The zero-order chi connectivity index (χ0) is 39.0. The first kappa shape index (κ1) is 39.5. The van der Waals surface area contributed by atoms with Crippen LogP contribution in [0.15, 0.2) is 65.8 Å². The molecule has 0 radical (unpaired) electrons. The molecule has 1 unspecified atom stereocenters. The van der Waals surface area contributed by atoms with Crippen LogP contribution in [0.1, 0.15) is 52.7 Å². The molecule has 5 atom stereocenters. The van der Waals surface area contributed by atoms with Crippen LogP contribution in [0.4, 0.5) is 4.79 Å². The molecule has 0 aliphatic carbocycles. The van der Waals surface area contributed by atoms with Crippen LogP contribution >= 0.6 is 0 Å². The third-order valence-electron chi connectivity index (χ3n) is 7.88. The van der Waals surface area contributed by atoms with Gasteiger partial charge in [0.2, 0.25) is 18.0 Å². The van der Waals surface area contributed by atoms with Crippen molar-refractivity contribution in [1.29, 1.82) is 0 Å². The van der Waals surface area contributed by atoms with E-state index in [1.54, 1.807) is 60.7 Å². The maximum atomic E-state index is 13.8. The number of imide groups is 1. The Morgan fingerprint density at radius 1 is 0.736 bits per heavy atom. The Morgan fingerprint density at radius 3 is 1.72 bits per heavy atom. The molecule has 2 heterocycles. The van der Waals surface area contributed by atoms with Crippen molar-refractivity contribution in [3.63, 3.8) is 0 Å². The monoisotopic (exact) mass is 738 g/mol. The molecule has 1 N–H and O–H groups in total. The van der Waals surface area contributed by atoms with Crippen molar-refractivity contribution in [3.05, 3.63) is 71.8 Å². The van der Waals surface area contributed by atoms with Crippen molar-refractivity contribution in [2.24, 2.45) is 5.10 Å². The molecule has 4 amide bonds. The lowest BCUT2D eigenvalue weighted by Gasteiger charge is -2.38. The van der Waals surface area contributed by atoms with Crippen molar-refractivity contribution in [2.75, 3.05) is 13.2 Å². The number of hydrogen-bond donors (Lipinski definition) is 1. The van der Waals surface area contributed by atoms with E-state index in [2.05, 4.69) is 10.4 Å². The van der Waals surface area contributed by atoms with Crippen LogP contribution in [-0.2, 0) is 67.5 Å². The van der Waals surface area contributed by atoms with E-state index in [1.165, 1.54) is 0 Å². The van der Waals surface area contributed by atoms with E-state index in [0.29, 0.717) is 11.1 Å². The van der Waals surface area contributed by atoms with Crippen molar-refractivity contribution in [1.82, 2.24) is 15.2 Å². The normalized spacial score (nSPS) is 18.3. The van der Waals surface area contributed by atoms with Crippen LogP contribution in [0.2, 0.25) is 0 Å². The average Bonchev–Trinajstić information content (AvgIpc) is 3.62. The predicted octanol–water partition coefficient (Wildman–Crippen LogP) is 1.29. The summed E-state index contributed by atoms with van der Waals surface area (Å²) in [6.07, 6.45) is -9.05. The number of hydrogen-bond acceptors (Lipinski definition) is 15. The smallest absolute Gasteiger partial charge is 0.326 e. The lowest BCUT2D eigenvalue weighted by molar-refractivity contribution is -0.216. The molecule has 2 aliphatic rings. The minimum absolute atomic E-state index is 0.328. The van der Waals surface area contributed by atoms with Crippen LogP contribution < -0.4 is 5.32 Å². The predicted molar refractivity (Wildman–Crippen MR) is 178 cm³/mol. The maximum absolute atomic E-state index is 13.8. The van der Waals surface area contributed by atoms with Gasteiger partial charge in [0.05, 0.1) is 0 Å².